The Balaban J connectivity index is 1.44. The Morgan fingerprint density at radius 3 is 2.44 bits per heavy atom. The van der Waals surface area contributed by atoms with Gasteiger partial charge < -0.3 is 24.7 Å². The number of ether oxygens (including phenoxy) is 1. The molecule has 2 N–H and O–H groups in total. The van der Waals surface area contributed by atoms with Crippen LogP contribution in [0.5, 0.6) is 5.75 Å². The maximum absolute atomic E-state index is 13.1. The second-order valence-corrected chi connectivity index (χ2v) is 8.44. The molecule has 34 heavy (non-hydrogen) atoms. The van der Waals surface area contributed by atoms with E-state index in [0.717, 1.165) is 37.2 Å². The Bertz CT molecular complexity index is 1140. The molecule has 1 fully saturated rings. The largest absolute Gasteiger partial charge is 0.490 e. The van der Waals surface area contributed by atoms with Crippen LogP contribution < -0.4 is 15.4 Å². The Hall–Kier alpha value is -3.84. The number of aryl methyl sites for hydroxylation is 1. The number of benzene rings is 2. The number of hydrogen-bond acceptors (Lipinski definition) is 5. The molecule has 1 aromatic heterocycles. The third-order valence-corrected chi connectivity index (χ3v) is 5.79. The fraction of sp³-hybridized carbons (Fsp3) is 0.259. The van der Waals surface area contributed by atoms with Crippen LogP contribution >= 0.6 is 0 Å². The van der Waals surface area contributed by atoms with Crippen LogP contribution in [0.1, 0.15) is 34.5 Å². The van der Waals surface area contributed by atoms with Crippen LogP contribution in [-0.2, 0) is 4.79 Å². The van der Waals surface area contributed by atoms with Crippen molar-refractivity contribution in [3.05, 3.63) is 89.5 Å². The molecular weight excluding hydrogens is 430 g/mol. The highest BCUT2D eigenvalue weighted by Gasteiger charge is 2.19. The highest BCUT2D eigenvalue weighted by atomic mass is 16.5. The minimum absolute atomic E-state index is 0.0786. The van der Waals surface area contributed by atoms with Gasteiger partial charge in [0.25, 0.3) is 11.8 Å². The zero-order chi connectivity index (χ0) is 23.9. The predicted octanol–water partition coefficient (Wildman–Crippen LogP) is 4.47. The molecule has 7 nitrogen and oxygen atoms in total. The number of carbonyl (C=O) groups excluding carboxylic acids is 2. The van der Waals surface area contributed by atoms with Gasteiger partial charge in [-0.3, -0.25) is 9.59 Å². The summed E-state index contributed by atoms with van der Waals surface area (Å²) in [6.07, 6.45) is 5.21. The molecule has 0 aliphatic carbocycles. The number of piperidine rings is 1. The van der Waals surface area contributed by atoms with Crippen LogP contribution in [0.4, 0.5) is 5.69 Å². The average molecular weight is 460 g/mol. The van der Waals surface area contributed by atoms with E-state index < -0.39 is 5.91 Å². The second kappa shape index (κ2) is 10.9. The third kappa shape index (κ3) is 6.14. The molecule has 2 heterocycles. The minimum Gasteiger partial charge on any atom is -0.490 e. The Morgan fingerprint density at radius 1 is 1.03 bits per heavy atom. The SMILES string of the molecule is Cc1ccccc1C(=O)N/C(=C\c1ccco1)C(=O)Nc1ccc(OC2CCN(C)CC2)cc1. The summed E-state index contributed by atoms with van der Waals surface area (Å²) in [5.74, 6) is 0.402. The standard InChI is InChI=1S/C27H29N3O4/c1-19-6-3-4-8-24(19)26(31)29-25(18-23-7-5-17-33-23)27(32)28-20-9-11-21(12-10-20)34-22-13-15-30(2)16-14-22/h3-12,17-18,22H,13-16H2,1-2H3,(H,28,32)(H,29,31)/b25-18-. The highest BCUT2D eigenvalue weighted by Crippen LogP contribution is 2.21. The molecule has 1 aliphatic heterocycles. The summed E-state index contributed by atoms with van der Waals surface area (Å²) in [7, 11) is 2.12. The lowest BCUT2D eigenvalue weighted by Gasteiger charge is -2.29. The van der Waals surface area contributed by atoms with Crippen molar-refractivity contribution < 1.29 is 18.7 Å². The number of rotatable bonds is 7. The number of likely N-dealkylation sites (tertiary alicyclic amines) is 1. The summed E-state index contributed by atoms with van der Waals surface area (Å²) in [6.45, 7) is 3.90. The third-order valence-electron chi connectivity index (χ3n) is 5.79. The topological polar surface area (TPSA) is 83.8 Å². The summed E-state index contributed by atoms with van der Waals surface area (Å²) in [5.41, 5.74) is 1.99. The van der Waals surface area contributed by atoms with Crippen molar-refractivity contribution in [1.82, 2.24) is 10.2 Å². The number of nitrogens with zero attached hydrogens (tertiary/aromatic N) is 1. The summed E-state index contributed by atoms with van der Waals surface area (Å²) < 4.78 is 11.4. The summed E-state index contributed by atoms with van der Waals surface area (Å²) in [5, 5.41) is 5.56. The highest BCUT2D eigenvalue weighted by molar-refractivity contribution is 6.10. The normalized spacial score (nSPS) is 15.1. The molecule has 3 aromatic rings. The Kier molecular flexibility index (Phi) is 7.44. The molecule has 2 aromatic carbocycles. The Labute approximate surface area is 199 Å². The van der Waals surface area contributed by atoms with Crippen molar-refractivity contribution in [3.8, 4) is 5.75 Å². The number of amides is 2. The second-order valence-electron chi connectivity index (χ2n) is 8.44. The molecule has 0 unspecified atom stereocenters. The maximum atomic E-state index is 13.1. The lowest BCUT2D eigenvalue weighted by Crippen LogP contribution is -2.35. The molecule has 0 radical (unpaired) electrons. The zero-order valence-corrected chi connectivity index (χ0v) is 19.4. The predicted molar refractivity (Wildman–Crippen MR) is 132 cm³/mol. The van der Waals surface area contributed by atoms with Gasteiger partial charge in [0.2, 0.25) is 0 Å². The molecule has 1 aliphatic rings. The lowest BCUT2D eigenvalue weighted by atomic mass is 10.1. The van der Waals surface area contributed by atoms with Crippen molar-refractivity contribution in [1.29, 1.82) is 0 Å². The van der Waals surface area contributed by atoms with Crippen molar-refractivity contribution in [2.24, 2.45) is 0 Å². The summed E-state index contributed by atoms with van der Waals surface area (Å²) in [6, 6.07) is 17.9. The number of furan rings is 1. The van der Waals surface area contributed by atoms with Crippen LogP contribution in [0.15, 0.2) is 77.0 Å². The lowest BCUT2D eigenvalue weighted by molar-refractivity contribution is -0.113. The Morgan fingerprint density at radius 2 is 1.76 bits per heavy atom. The molecule has 176 valence electrons. The first-order chi connectivity index (χ1) is 16.5. The van der Waals surface area contributed by atoms with Gasteiger partial charge in [0, 0.05) is 30.4 Å². The number of anilines is 1. The van der Waals surface area contributed by atoms with Gasteiger partial charge in [-0.1, -0.05) is 18.2 Å². The van der Waals surface area contributed by atoms with E-state index in [9.17, 15) is 9.59 Å². The molecule has 0 bridgehead atoms. The van der Waals surface area contributed by atoms with Gasteiger partial charge in [-0.2, -0.15) is 0 Å². The smallest absolute Gasteiger partial charge is 0.272 e. The van der Waals surface area contributed by atoms with Crippen molar-refractivity contribution in [2.45, 2.75) is 25.9 Å². The molecule has 7 heteroatoms. The molecule has 4 rings (SSSR count). The molecule has 0 saturated carbocycles. The van der Waals surface area contributed by atoms with Gasteiger partial charge in [-0.05, 0) is 74.8 Å². The first-order valence-corrected chi connectivity index (χ1v) is 11.4. The number of carbonyl (C=O) groups is 2. The quantitative estimate of drug-likeness (QED) is 0.510. The molecule has 0 atom stereocenters. The van der Waals surface area contributed by atoms with Crippen molar-refractivity contribution in [2.75, 3.05) is 25.5 Å². The first-order valence-electron chi connectivity index (χ1n) is 11.4. The van der Waals surface area contributed by atoms with E-state index in [2.05, 4.69) is 22.6 Å². The van der Waals surface area contributed by atoms with Crippen LogP contribution in [0.25, 0.3) is 6.08 Å². The fourth-order valence-electron chi connectivity index (χ4n) is 3.80. The van der Waals surface area contributed by atoms with Gasteiger partial charge in [-0.15, -0.1) is 0 Å². The van der Waals surface area contributed by atoms with Gasteiger partial charge >= 0.3 is 0 Å². The van der Waals surface area contributed by atoms with Crippen LogP contribution in [0.3, 0.4) is 0 Å². The summed E-state index contributed by atoms with van der Waals surface area (Å²) in [4.78, 5) is 28.2. The number of hydrogen-bond donors (Lipinski definition) is 2. The van der Waals surface area contributed by atoms with Gasteiger partial charge in [0.05, 0.1) is 6.26 Å². The van der Waals surface area contributed by atoms with E-state index in [1.165, 1.54) is 12.3 Å². The molecule has 0 spiro atoms. The van der Waals surface area contributed by atoms with Crippen molar-refractivity contribution >= 4 is 23.6 Å². The van der Waals surface area contributed by atoms with Crippen LogP contribution in [-0.4, -0.2) is 43.0 Å². The number of nitrogens with one attached hydrogen (secondary N) is 2. The van der Waals surface area contributed by atoms with E-state index in [1.54, 1.807) is 36.4 Å². The average Bonchev–Trinajstić information content (AvgIpc) is 3.35. The molecule has 2 amide bonds. The molecule has 1 saturated heterocycles. The first kappa shape index (κ1) is 23.3. The van der Waals surface area contributed by atoms with Crippen LogP contribution in [0, 0.1) is 6.92 Å². The van der Waals surface area contributed by atoms with Gasteiger partial charge in [0.1, 0.15) is 23.3 Å². The van der Waals surface area contributed by atoms with E-state index in [-0.39, 0.29) is 17.7 Å². The summed E-state index contributed by atoms with van der Waals surface area (Å²) >= 11 is 0. The minimum atomic E-state index is -0.456. The van der Waals surface area contributed by atoms with Gasteiger partial charge in [0.15, 0.2) is 0 Å². The zero-order valence-electron chi connectivity index (χ0n) is 19.4. The monoisotopic (exact) mass is 459 g/mol. The van der Waals surface area contributed by atoms with Gasteiger partial charge in [-0.25, -0.2) is 0 Å². The fourth-order valence-corrected chi connectivity index (χ4v) is 3.80. The van der Waals surface area contributed by atoms with E-state index in [4.69, 9.17) is 9.15 Å². The van der Waals surface area contributed by atoms with E-state index >= 15 is 0 Å². The van der Waals surface area contributed by atoms with Crippen LogP contribution in [0.2, 0.25) is 0 Å². The molecular formula is C27H29N3O4. The van der Waals surface area contributed by atoms with Crippen molar-refractivity contribution in [3.63, 3.8) is 0 Å². The van der Waals surface area contributed by atoms with E-state index in [1.807, 2.05) is 31.2 Å². The maximum Gasteiger partial charge on any atom is 0.272 e. The van der Waals surface area contributed by atoms with E-state index in [0.29, 0.717) is 17.0 Å².